The molecule has 3 rings (SSSR count). The predicted molar refractivity (Wildman–Crippen MR) is 128 cm³/mol. The van der Waals surface area contributed by atoms with E-state index in [-0.39, 0.29) is 5.91 Å². The van der Waals surface area contributed by atoms with Crippen LogP contribution in [0.3, 0.4) is 0 Å². The minimum absolute atomic E-state index is 0.144. The van der Waals surface area contributed by atoms with Crippen LogP contribution in [0.1, 0.15) is 21.5 Å². The molecule has 1 aromatic heterocycles. The summed E-state index contributed by atoms with van der Waals surface area (Å²) in [5.74, 6) is 0.499. The number of nitrogens with one attached hydrogen (secondary N) is 3. The van der Waals surface area contributed by atoms with Crippen LogP contribution in [-0.2, 0) is 0 Å². The Balaban J connectivity index is 1.58. The summed E-state index contributed by atoms with van der Waals surface area (Å²) in [6.45, 7) is 2.02. The number of anilines is 3. The Hall–Kier alpha value is -3.45. The molecule has 1 amide bonds. The van der Waals surface area contributed by atoms with Gasteiger partial charge in [0.1, 0.15) is 0 Å². The quantitative estimate of drug-likeness (QED) is 0.311. The van der Waals surface area contributed by atoms with Gasteiger partial charge in [-0.05, 0) is 66.4 Å². The number of carbonyl (C=O) groups is 1. The van der Waals surface area contributed by atoms with Crippen LogP contribution < -0.4 is 21.7 Å². The third-order valence-electron chi connectivity index (χ3n) is 4.48. The molecular formula is C23H25N5OS. The molecule has 0 spiro atoms. The molecule has 0 saturated heterocycles. The van der Waals surface area contributed by atoms with Gasteiger partial charge in [0.15, 0.2) is 0 Å². The van der Waals surface area contributed by atoms with Crippen molar-refractivity contribution < 1.29 is 4.79 Å². The van der Waals surface area contributed by atoms with Crippen LogP contribution in [0, 0.1) is 6.92 Å². The molecule has 0 bridgehead atoms. The highest BCUT2D eigenvalue weighted by molar-refractivity contribution is 8.02. The number of amides is 1. The van der Waals surface area contributed by atoms with Gasteiger partial charge in [-0.15, -0.1) is 11.8 Å². The third kappa shape index (κ3) is 5.78. The maximum absolute atomic E-state index is 12.5. The molecular weight excluding hydrogens is 394 g/mol. The maximum Gasteiger partial charge on any atom is 0.255 e. The van der Waals surface area contributed by atoms with Crippen molar-refractivity contribution in [1.82, 2.24) is 4.98 Å². The van der Waals surface area contributed by atoms with Gasteiger partial charge in [0.25, 0.3) is 5.91 Å². The summed E-state index contributed by atoms with van der Waals surface area (Å²) in [5, 5.41) is 11.3. The van der Waals surface area contributed by atoms with Crippen LogP contribution >= 0.6 is 11.8 Å². The number of aryl methyl sites for hydroxylation is 1. The molecule has 0 aliphatic rings. The summed E-state index contributed by atoms with van der Waals surface area (Å²) in [7, 11) is 1.84. The molecule has 30 heavy (non-hydrogen) atoms. The SMILES string of the molecule is CNc1ccc(C(=O)Nc2ccc(C)c(NCS/C=C(\N)c3cccnc3)c2)cc1. The smallest absolute Gasteiger partial charge is 0.255 e. The summed E-state index contributed by atoms with van der Waals surface area (Å²) in [6.07, 6.45) is 3.46. The van der Waals surface area contributed by atoms with E-state index in [1.54, 1.807) is 36.3 Å². The zero-order chi connectivity index (χ0) is 21.3. The van der Waals surface area contributed by atoms with E-state index in [4.69, 9.17) is 5.73 Å². The van der Waals surface area contributed by atoms with Gasteiger partial charge in [0.05, 0.1) is 5.88 Å². The normalized spacial score (nSPS) is 11.1. The van der Waals surface area contributed by atoms with Gasteiger partial charge in [-0.1, -0.05) is 6.07 Å². The van der Waals surface area contributed by atoms with Crippen molar-refractivity contribution in [2.24, 2.45) is 5.73 Å². The molecule has 6 nitrogen and oxygen atoms in total. The van der Waals surface area contributed by atoms with Crippen molar-refractivity contribution in [3.63, 3.8) is 0 Å². The summed E-state index contributed by atoms with van der Waals surface area (Å²) >= 11 is 1.56. The standard InChI is InChI=1S/C23H25N5OS/c1-16-5-8-20(28-23(29)17-6-9-19(25-2)10-7-17)12-22(16)27-15-30-14-21(24)18-4-3-11-26-13-18/h3-14,25,27H,15,24H2,1-2H3,(H,28,29)/b21-14-. The molecule has 5 N–H and O–H groups in total. The van der Waals surface area contributed by atoms with Crippen LogP contribution in [-0.4, -0.2) is 23.8 Å². The highest BCUT2D eigenvalue weighted by Gasteiger charge is 2.07. The Morgan fingerprint density at radius 3 is 2.57 bits per heavy atom. The van der Waals surface area contributed by atoms with E-state index in [1.165, 1.54) is 0 Å². The number of nitrogens with zero attached hydrogens (tertiary/aromatic N) is 1. The number of thioether (sulfide) groups is 1. The first kappa shape index (κ1) is 21.3. The molecule has 0 atom stereocenters. The summed E-state index contributed by atoms with van der Waals surface area (Å²) < 4.78 is 0. The van der Waals surface area contributed by atoms with E-state index in [9.17, 15) is 4.79 Å². The van der Waals surface area contributed by atoms with Crippen LogP contribution in [0.2, 0.25) is 0 Å². The van der Waals surface area contributed by atoms with Gasteiger partial charge >= 0.3 is 0 Å². The summed E-state index contributed by atoms with van der Waals surface area (Å²) in [5.41, 5.74) is 12.0. The van der Waals surface area contributed by atoms with Crippen LogP contribution in [0.5, 0.6) is 0 Å². The van der Waals surface area contributed by atoms with Gasteiger partial charge in [0, 0.05) is 53.3 Å². The molecule has 0 fully saturated rings. The predicted octanol–water partition coefficient (Wildman–Crippen LogP) is 4.74. The zero-order valence-electron chi connectivity index (χ0n) is 17.0. The Morgan fingerprint density at radius 1 is 1.10 bits per heavy atom. The molecule has 0 aliphatic carbocycles. The number of hydrogen-bond donors (Lipinski definition) is 4. The van der Waals surface area contributed by atoms with E-state index in [1.807, 2.05) is 61.8 Å². The van der Waals surface area contributed by atoms with Gasteiger partial charge in [0.2, 0.25) is 0 Å². The Labute approximate surface area is 181 Å². The second-order valence-corrected chi connectivity index (χ2v) is 7.47. The lowest BCUT2D eigenvalue weighted by atomic mass is 10.1. The van der Waals surface area contributed by atoms with Crippen molar-refractivity contribution in [2.75, 3.05) is 28.9 Å². The minimum Gasteiger partial charge on any atom is -0.398 e. The Kier molecular flexibility index (Phi) is 7.34. The molecule has 0 saturated carbocycles. The van der Waals surface area contributed by atoms with Crippen molar-refractivity contribution in [3.8, 4) is 0 Å². The number of rotatable bonds is 8. The molecule has 154 valence electrons. The lowest BCUT2D eigenvalue weighted by Crippen LogP contribution is -2.12. The first-order valence-electron chi connectivity index (χ1n) is 9.48. The van der Waals surface area contributed by atoms with E-state index in [2.05, 4.69) is 20.9 Å². The first-order chi connectivity index (χ1) is 14.6. The second kappa shape index (κ2) is 10.4. The molecule has 0 aliphatic heterocycles. The lowest BCUT2D eigenvalue weighted by Gasteiger charge is -2.12. The highest BCUT2D eigenvalue weighted by Crippen LogP contribution is 2.22. The van der Waals surface area contributed by atoms with Crippen LogP contribution in [0.4, 0.5) is 17.1 Å². The number of hydrogen-bond acceptors (Lipinski definition) is 6. The average Bonchev–Trinajstić information content (AvgIpc) is 2.79. The summed E-state index contributed by atoms with van der Waals surface area (Å²) in [4.78, 5) is 16.6. The third-order valence-corrected chi connectivity index (χ3v) is 5.21. The molecule has 7 heteroatoms. The average molecular weight is 420 g/mol. The number of carbonyl (C=O) groups excluding carboxylic acids is 1. The van der Waals surface area contributed by atoms with Crippen LogP contribution in [0.15, 0.2) is 72.4 Å². The van der Waals surface area contributed by atoms with Crippen molar-refractivity contribution >= 4 is 40.4 Å². The maximum atomic E-state index is 12.5. The van der Waals surface area contributed by atoms with E-state index in [0.717, 1.165) is 28.2 Å². The number of aromatic nitrogens is 1. The van der Waals surface area contributed by atoms with Gasteiger partial charge in [-0.25, -0.2) is 0 Å². The fourth-order valence-corrected chi connectivity index (χ4v) is 3.37. The zero-order valence-corrected chi connectivity index (χ0v) is 17.8. The fraction of sp³-hybridized carbons (Fsp3) is 0.130. The molecule has 2 aromatic carbocycles. The monoisotopic (exact) mass is 419 g/mol. The molecule has 0 unspecified atom stereocenters. The molecule has 0 radical (unpaired) electrons. The van der Waals surface area contributed by atoms with Gasteiger partial charge in [-0.2, -0.15) is 0 Å². The topological polar surface area (TPSA) is 92.1 Å². The Bertz CT molecular complexity index is 1020. The Morgan fingerprint density at radius 2 is 1.87 bits per heavy atom. The number of benzene rings is 2. The van der Waals surface area contributed by atoms with E-state index >= 15 is 0 Å². The fourth-order valence-electron chi connectivity index (χ4n) is 2.73. The van der Waals surface area contributed by atoms with E-state index < -0.39 is 0 Å². The summed E-state index contributed by atoms with van der Waals surface area (Å²) in [6, 6.07) is 16.9. The number of pyridine rings is 1. The highest BCUT2D eigenvalue weighted by atomic mass is 32.2. The molecule has 3 aromatic rings. The van der Waals surface area contributed by atoms with Crippen molar-refractivity contribution in [3.05, 3.63) is 89.1 Å². The first-order valence-corrected chi connectivity index (χ1v) is 10.5. The minimum atomic E-state index is -0.144. The van der Waals surface area contributed by atoms with Gasteiger partial charge < -0.3 is 21.7 Å². The van der Waals surface area contributed by atoms with E-state index in [0.29, 0.717) is 17.1 Å². The number of nitrogens with two attached hydrogens (primary N) is 1. The van der Waals surface area contributed by atoms with Crippen molar-refractivity contribution in [2.45, 2.75) is 6.92 Å². The second-order valence-electron chi connectivity index (χ2n) is 6.61. The van der Waals surface area contributed by atoms with Crippen LogP contribution in [0.25, 0.3) is 5.70 Å². The van der Waals surface area contributed by atoms with Crippen molar-refractivity contribution in [1.29, 1.82) is 0 Å². The lowest BCUT2D eigenvalue weighted by molar-refractivity contribution is 0.102. The van der Waals surface area contributed by atoms with Gasteiger partial charge in [-0.3, -0.25) is 9.78 Å². The molecule has 1 heterocycles. The largest absolute Gasteiger partial charge is 0.398 e.